The summed E-state index contributed by atoms with van der Waals surface area (Å²) in [6, 6.07) is 20.0. The highest BCUT2D eigenvalue weighted by Gasteiger charge is 2.19. The largest absolute Gasteiger partial charge is 0.401 e. The Morgan fingerprint density at radius 1 is 0.975 bits per heavy atom. The summed E-state index contributed by atoms with van der Waals surface area (Å²) in [5.41, 5.74) is 10.4. The molecule has 0 radical (unpaired) electrons. The second-order valence-corrected chi connectivity index (χ2v) is 12.5. The molecule has 8 heteroatoms. The molecule has 7 nitrogen and oxygen atoms in total. The van der Waals surface area contributed by atoms with Crippen LogP contribution in [-0.2, 0) is 4.79 Å². The van der Waals surface area contributed by atoms with E-state index in [2.05, 4.69) is 46.6 Å². The summed E-state index contributed by atoms with van der Waals surface area (Å²) in [5, 5.41) is 11.6. The SMILES string of the molecule is Cc1ccc(N=C(C=C(N)C(C)(C)C)NC(=O)C(C)c2ccc(Sc3ccc4nnc(C(C)C)n4c3)cc2)cc1. The predicted molar refractivity (Wildman–Crippen MR) is 164 cm³/mol. The van der Waals surface area contributed by atoms with Crippen molar-refractivity contribution in [2.24, 2.45) is 16.1 Å². The van der Waals surface area contributed by atoms with Gasteiger partial charge in [0, 0.05) is 39.1 Å². The van der Waals surface area contributed by atoms with Gasteiger partial charge in [-0.1, -0.05) is 76.2 Å². The van der Waals surface area contributed by atoms with Gasteiger partial charge in [-0.2, -0.15) is 0 Å². The highest BCUT2D eigenvalue weighted by Crippen LogP contribution is 2.30. The second kappa shape index (κ2) is 12.1. The van der Waals surface area contributed by atoms with Gasteiger partial charge in [0.05, 0.1) is 11.6 Å². The summed E-state index contributed by atoms with van der Waals surface area (Å²) in [5.74, 6) is 1.12. The number of nitrogens with two attached hydrogens (primary N) is 1. The Morgan fingerprint density at radius 2 is 1.62 bits per heavy atom. The molecule has 0 fully saturated rings. The molecule has 1 unspecified atom stereocenters. The van der Waals surface area contributed by atoms with Crippen LogP contribution in [0.15, 0.2) is 93.4 Å². The number of benzene rings is 2. The number of nitrogens with zero attached hydrogens (tertiary/aromatic N) is 4. The Kier molecular flexibility index (Phi) is 8.79. The van der Waals surface area contributed by atoms with E-state index in [1.807, 2.05) is 93.6 Å². The third kappa shape index (κ3) is 7.18. The summed E-state index contributed by atoms with van der Waals surface area (Å²) in [7, 11) is 0. The first-order chi connectivity index (χ1) is 18.9. The standard InChI is InChI=1S/C32H38N6OS/c1-20(2)30-37-36-29-17-16-26(19-38(29)30)40-25-14-10-23(11-15-25)22(4)31(39)35-28(18-27(33)32(5,6)7)34-24-12-8-21(3)9-13-24/h8-20,22H,33H2,1-7H3,(H,34,35,39). The molecule has 2 aromatic heterocycles. The average Bonchev–Trinajstić information content (AvgIpc) is 3.33. The van der Waals surface area contributed by atoms with E-state index in [4.69, 9.17) is 5.73 Å². The first-order valence-corrected chi connectivity index (χ1v) is 14.3. The van der Waals surface area contributed by atoms with Crippen LogP contribution >= 0.6 is 11.8 Å². The van der Waals surface area contributed by atoms with Gasteiger partial charge >= 0.3 is 0 Å². The van der Waals surface area contributed by atoms with Gasteiger partial charge in [0.2, 0.25) is 5.91 Å². The lowest BCUT2D eigenvalue weighted by Gasteiger charge is -2.20. The van der Waals surface area contributed by atoms with Crippen molar-refractivity contribution in [1.82, 2.24) is 19.9 Å². The van der Waals surface area contributed by atoms with Gasteiger partial charge < -0.3 is 11.1 Å². The van der Waals surface area contributed by atoms with Crippen LogP contribution in [0.5, 0.6) is 0 Å². The van der Waals surface area contributed by atoms with Gasteiger partial charge in [0.1, 0.15) is 11.7 Å². The lowest BCUT2D eigenvalue weighted by atomic mass is 9.92. The van der Waals surface area contributed by atoms with E-state index in [1.165, 1.54) is 0 Å². The molecule has 0 bridgehead atoms. The van der Waals surface area contributed by atoms with Crippen molar-refractivity contribution in [3.8, 4) is 0 Å². The molecule has 2 aromatic carbocycles. The number of hydrogen-bond acceptors (Lipinski definition) is 6. The predicted octanol–water partition coefficient (Wildman–Crippen LogP) is 7.15. The number of aryl methyl sites for hydroxylation is 1. The molecule has 0 aliphatic heterocycles. The fraction of sp³-hybridized carbons (Fsp3) is 0.312. The maximum Gasteiger partial charge on any atom is 0.232 e. The van der Waals surface area contributed by atoms with Crippen LogP contribution in [0.2, 0.25) is 0 Å². The molecule has 4 aromatic rings. The number of fused-ring (bicyclic) bond motifs is 1. The first kappa shape index (κ1) is 29.1. The van der Waals surface area contributed by atoms with E-state index >= 15 is 0 Å². The van der Waals surface area contributed by atoms with Crippen molar-refractivity contribution in [3.05, 3.63) is 95.6 Å². The molecule has 208 valence electrons. The molecule has 0 spiro atoms. The second-order valence-electron chi connectivity index (χ2n) is 11.4. The van der Waals surface area contributed by atoms with E-state index in [-0.39, 0.29) is 23.2 Å². The first-order valence-electron chi connectivity index (χ1n) is 13.5. The summed E-state index contributed by atoms with van der Waals surface area (Å²) >= 11 is 1.66. The van der Waals surface area contributed by atoms with Crippen molar-refractivity contribution in [2.75, 3.05) is 0 Å². The Hall–Kier alpha value is -3.91. The topological polar surface area (TPSA) is 97.7 Å². The van der Waals surface area contributed by atoms with Crippen molar-refractivity contribution in [1.29, 1.82) is 0 Å². The van der Waals surface area contributed by atoms with E-state index in [0.29, 0.717) is 11.5 Å². The van der Waals surface area contributed by atoms with E-state index in [0.717, 1.165) is 38.1 Å². The van der Waals surface area contributed by atoms with Crippen LogP contribution in [0.3, 0.4) is 0 Å². The smallest absolute Gasteiger partial charge is 0.232 e. The van der Waals surface area contributed by atoms with Gasteiger partial charge in [0.25, 0.3) is 0 Å². The molecule has 2 heterocycles. The zero-order valence-electron chi connectivity index (χ0n) is 24.3. The fourth-order valence-electron chi connectivity index (χ4n) is 3.91. The maximum atomic E-state index is 13.3. The summed E-state index contributed by atoms with van der Waals surface area (Å²) in [4.78, 5) is 20.2. The van der Waals surface area contributed by atoms with Crippen LogP contribution in [-0.4, -0.2) is 26.3 Å². The molecular weight excluding hydrogens is 516 g/mol. The minimum atomic E-state index is -0.381. The highest BCUT2D eigenvalue weighted by atomic mass is 32.2. The zero-order chi connectivity index (χ0) is 29.0. The fourth-order valence-corrected chi connectivity index (χ4v) is 4.75. The average molecular weight is 555 g/mol. The normalized spacial score (nSPS) is 13.6. The van der Waals surface area contributed by atoms with E-state index in [1.54, 1.807) is 17.8 Å². The van der Waals surface area contributed by atoms with Crippen LogP contribution in [0, 0.1) is 12.3 Å². The number of carbonyl (C=O) groups is 1. The number of carbonyl (C=O) groups excluding carboxylic acids is 1. The van der Waals surface area contributed by atoms with E-state index in [9.17, 15) is 4.79 Å². The lowest BCUT2D eigenvalue weighted by Crippen LogP contribution is -2.34. The molecule has 0 aliphatic carbocycles. The minimum absolute atomic E-state index is 0.150. The summed E-state index contributed by atoms with van der Waals surface area (Å²) in [6.45, 7) is 14.2. The number of aromatic nitrogens is 3. The molecular formula is C32H38N6OS. The Morgan fingerprint density at radius 3 is 2.25 bits per heavy atom. The van der Waals surface area contributed by atoms with Crippen molar-refractivity contribution < 1.29 is 4.79 Å². The molecule has 0 saturated carbocycles. The third-order valence-electron chi connectivity index (χ3n) is 6.62. The molecule has 3 N–H and O–H groups in total. The molecule has 0 aliphatic rings. The van der Waals surface area contributed by atoms with Crippen molar-refractivity contribution in [3.63, 3.8) is 0 Å². The molecule has 40 heavy (non-hydrogen) atoms. The number of allylic oxidation sites excluding steroid dienone is 1. The highest BCUT2D eigenvalue weighted by molar-refractivity contribution is 7.99. The number of amides is 1. The Balaban J connectivity index is 1.50. The number of nitrogens with one attached hydrogen (secondary N) is 1. The lowest BCUT2D eigenvalue weighted by molar-refractivity contribution is -0.120. The number of hydrogen-bond donors (Lipinski definition) is 2. The van der Waals surface area contributed by atoms with Crippen LogP contribution in [0.1, 0.15) is 70.3 Å². The number of amidine groups is 1. The monoisotopic (exact) mass is 554 g/mol. The third-order valence-corrected chi connectivity index (χ3v) is 7.61. The number of aliphatic imine (C=N–C) groups is 1. The quantitative estimate of drug-likeness (QED) is 0.187. The Bertz CT molecular complexity index is 1540. The zero-order valence-corrected chi connectivity index (χ0v) is 25.1. The minimum Gasteiger partial charge on any atom is -0.401 e. The summed E-state index contributed by atoms with van der Waals surface area (Å²) < 4.78 is 2.05. The van der Waals surface area contributed by atoms with Crippen LogP contribution < -0.4 is 11.1 Å². The van der Waals surface area contributed by atoms with E-state index < -0.39 is 0 Å². The maximum absolute atomic E-state index is 13.3. The number of pyridine rings is 1. The van der Waals surface area contributed by atoms with Crippen molar-refractivity contribution in [2.45, 2.75) is 70.1 Å². The van der Waals surface area contributed by atoms with Gasteiger partial charge in [-0.25, -0.2) is 4.99 Å². The molecule has 1 amide bonds. The number of rotatable bonds is 7. The van der Waals surface area contributed by atoms with Crippen LogP contribution in [0.25, 0.3) is 5.65 Å². The van der Waals surface area contributed by atoms with Gasteiger partial charge in [-0.15, -0.1) is 10.2 Å². The molecule has 4 rings (SSSR count). The van der Waals surface area contributed by atoms with Gasteiger partial charge in [0.15, 0.2) is 5.65 Å². The summed E-state index contributed by atoms with van der Waals surface area (Å²) in [6.07, 6.45) is 3.83. The van der Waals surface area contributed by atoms with Crippen molar-refractivity contribution >= 4 is 34.8 Å². The molecule has 0 saturated heterocycles. The van der Waals surface area contributed by atoms with Gasteiger partial charge in [-0.05, 0) is 55.8 Å². The van der Waals surface area contributed by atoms with Crippen LogP contribution in [0.4, 0.5) is 5.69 Å². The molecule has 1 atom stereocenters. The Labute approximate surface area is 241 Å². The van der Waals surface area contributed by atoms with Gasteiger partial charge in [-0.3, -0.25) is 9.20 Å².